The number of morpholine rings is 1. The van der Waals surface area contributed by atoms with Gasteiger partial charge in [-0.3, -0.25) is 4.79 Å². The monoisotopic (exact) mass is 252 g/mol. The molecule has 0 aliphatic carbocycles. The Balaban J connectivity index is 1.68. The van der Waals surface area contributed by atoms with E-state index in [2.05, 4.69) is 22.5 Å². The Morgan fingerprint density at radius 2 is 2.61 bits per heavy atom. The van der Waals surface area contributed by atoms with Crippen LogP contribution >= 0.6 is 0 Å². The minimum Gasteiger partial charge on any atom is -0.378 e. The number of nitrogens with zero attached hydrogens (tertiary/aromatic N) is 2. The highest BCUT2D eigenvalue weighted by Gasteiger charge is 2.21. The van der Waals surface area contributed by atoms with Gasteiger partial charge in [0.1, 0.15) is 6.04 Å². The number of carbonyl (C=O) groups excluding carboxylic acids is 1. The van der Waals surface area contributed by atoms with Gasteiger partial charge in [0.25, 0.3) is 0 Å². The van der Waals surface area contributed by atoms with Crippen LogP contribution < -0.4 is 10.6 Å². The van der Waals surface area contributed by atoms with Crippen LogP contribution in [0.5, 0.6) is 0 Å². The first-order valence-electron chi connectivity index (χ1n) is 6.30. The maximum atomic E-state index is 11.8. The standard InChI is InChI=1S/C12H20N4O2/c1-10(7-16-4-2-13-9-16)6-15-12(17)11-8-18-5-3-14-11/h2,4,9-11,14H,3,5-8H2,1H3,(H,15,17). The Labute approximate surface area is 107 Å². The lowest BCUT2D eigenvalue weighted by molar-refractivity contribution is -0.126. The maximum absolute atomic E-state index is 11.8. The molecule has 0 radical (unpaired) electrons. The zero-order valence-corrected chi connectivity index (χ0v) is 10.6. The molecule has 100 valence electrons. The number of ether oxygens (including phenoxy) is 1. The molecule has 1 amide bonds. The van der Waals surface area contributed by atoms with E-state index in [1.165, 1.54) is 0 Å². The first-order chi connectivity index (χ1) is 8.75. The van der Waals surface area contributed by atoms with Crippen LogP contribution in [0.15, 0.2) is 18.7 Å². The van der Waals surface area contributed by atoms with Gasteiger partial charge in [-0.1, -0.05) is 6.92 Å². The van der Waals surface area contributed by atoms with E-state index in [0.717, 1.165) is 13.1 Å². The Hall–Kier alpha value is -1.40. The van der Waals surface area contributed by atoms with Gasteiger partial charge in [0.15, 0.2) is 0 Å². The van der Waals surface area contributed by atoms with Crippen molar-refractivity contribution in [3.8, 4) is 0 Å². The molecule has 18 heavy (non-hydrogen) atoms. The lowest BCUT2D eigenvalue weighted by Gasteiger charge is -2.23. The minimum absolute atomic E-state index is 0.0205. The van der Waals surface area contributed by atoms with Crippen LogP contribution in [0.4, 0.5) is 0 Å². The molecule has 2 N–H and O–H groups in total. The molecule has 1 fully saturated rings. The highest BCUT2D eigenvalue weighted by molar-refractivity contribution is 5.81. The van der Waals surface area contributed by atoms with E-state index >= 15 is 0 Å². The van der Waals surface area contributed by atoms with Gasteiger partial charge in [-0.2, -0.15) is 0 Å². The minimum atomic E-state index is -0.209. The largest absolute Gasteiger partial charge is 0.378 e. The van der Waals surface area contributed by atoms with Crippen LogP contribution in [0.25, 0.3) is 0 Å². The van der Waals surface area contributed by atoms with Crippen LogP contribution in [0, 0.1) is 5.92 Å². The van der Waals surface area contributed by atoms with E-state index in [0.29, 0.717) is 25.7 Å². The van der Waals surface area contributed by atoms with Crippen LogP contribution in [0.1, 0.15) is 6.92 Å². The lowest BCUT2D eigenvalue weighted by Crippen LogP contribution is -2.51. The SMILES string of the molecule is CC(CNC(=O)C1COCCN1)Cn1ccnc1. The molecule has 0 saturated carbocycles. The van der Waals surface area contributed by atoms with Crippen molar-refractivity contribution in [3.05, 3.63) is 18.7 Å². The van der Waals surface area contributed by atoms with Crippen molar-refractivity contribution in [1.29, 1.82) is 0 Å². The molecule has 6 nitrogen and oxygen atoms in total. The Bertz CT molecular complexity index is 360. The Morgan fingerprint density at radius 3 is 3.28 bits per heavy atom. The molecule has 0 aromatic carbocycles. The summed E-state index contributed by atoms with van der Waals surface area (Å²) >= 11 is 0. The van der Waals surface area contributed by atoms with Crippen molar-refractivity contribution in [1.82, 2.24) is 20.2 Å². The molecule has 2 heterocycles. The zero-order chi connectivity index (χ0) is 12.8. The number of imidazole rings is 1. The maximum Gasteiger partial charge on any atom is 0.239 e. The smallest absolute Gasteiger partial charge is 0.239 e. The van der Waals surface area contributed by atoms with Gasteiger partial charge in [-0.15, -0.1) is 0 Å². The molecule has 6 heteroatoms. The summed E-state index contributed by atoms with van der Waals surface area (Å²) in [6.07, 6.45) is 5.47. The van der Waals surface area contributed by atoms with Crippen LogP contribution in [0.3, 0.4) is 0 Å². The van der Waals surface area contributed by atoms with Crippen LogP contribution in [-0.2, 0) is 16.1 Å². The summed E-state index contributed by atoms with van der Waals surface area (Å²) in [5.41, 5.74) is 0. The van der Waals surface area contributed by atoms with Crippen molar-refractivity contribution in [2.24, 2.45) is 5.92 Å². The number of carbonyl (C=O) groups is 1. The quantitative estimate of drug-likeness (QED) is 0.750. The molecular weight excluding hydrogens is 232 g/mol. The van der Waals surface area contributed by atoms with E-state index < -0.39 is 0 Å². The molecular formula is C12H20N4O2. The zero-order valence-electron chi connectivity index (χ0n) is 10.6. The van der Waals surface area contributed by atoms with Gasteiger partial charge < -0.3 is 19.9 Å². The van der Waals surface area contributed by atoms with E-state index in [9.17, 15) is 4.79 Å². The summed E-state index contributed by atoms with van der Waals surface area (Å²) in [7, 11) is 0. The predicted molar refractivity (Wildman–Crippen MR) is 67.0 cm³/mol. The van der Waals surface area contributed by atoms with Crippen LogP contribution in [-0.4, -0.2) is 47.8 Å². The predicted octanol–water partition coefficient (Wildman–Crippen LogP) is -0.376. The van der Waals surface area contributed by atoms with E-state index in [4.69, 9.17) is 4.74 Å². The second-order valence-corrected chi connectivity index (χ2v) is 4.69. The molecule has 0 bridgehead atoms. The highest BCUT2D eigenvalue weighted by atomic mass is 16.5. The molecule has 2 atom stereocenters. The normalized spacial score (nSPS) is 21.5. The summed E-state index contributed by atoms with van der Waals surface area (Å²) in [5.74, 6) is 0.389. The van der Waals surface area contributed by atoms with Crippen LogP contribution in [0.2, 0.25) is 0 Å². The summed E-state index contributed by atoms with van der Waals surface area (Å²) in [5, 5.41) is 6.09. The fraction of sp³-hybridized carbons (Fsp3) is 0.667. The summed E-state index contributed by atoms with van der Waals surface area (Å²) in [4.78, 5) is 15.8. The van der Waals surface area contributed by atoms with Crippen molar-refractivity contribution in [3.63, 3.8) is 0 Å². The Kier molecular flexibility index (Phi) is 4.72. The fourth-order valence-electron chi connectivity index (χ4n) is 1.95. The second-order valence-electron chi connectivity index (χ2n) is 4.69. The molecule has 2 rings (SSSR count). The highest BCUT2D eigenvalue weighted by Crippen LogP contribution is 1.99. The lowest BCUT2D eigenvalue weighted by atomic mass is 10.1. The van der Waals surface area contributed by atoms with E-state index in [-0.39, 0.29) is 11.9 Å². The third kappa shape index (κ3) is 3.82. The fourth-order valence-corrected chi connectivity index (χ4v) is 1.95. The van der Waals surface area contributed by atoms with Gasteiger partial charge >= 0.3 is 0 Å². The number of hydrogen-bond donors (Lipinski definition) is 2. The van der Waals surface area contributed by atoms with Gasteiger partial charge in [-0.05, 0) is 5.92 Å². The number of nitrogens with one attached hydrogen (secondary N) is 2. The van der Waals surface area contributed by atoms with E-state index in [1.54, 1.807) is 12.5 Å². The Morgan fingerprint density at radius 1 is 1.72 bits per heavy atom. The number of aromatic nitrogens is 2. The van der Waals surface area contributed by atoms with Gasteiger partial charge in [0.2, 0.25) is 5.91 Å². The molecule has 1 aromatic heterocycles. The third-order valence-electron chi connectivity index (χ3n) is 2.94. The topological polar surface area (TPSA) is 68.2 Å². The molecule has 1 aliphatic heterocycles. The number of amides is 1. The molecule has 1 saturated heterocycles. The molecule has 1 aliphatic rings. The van der Waals surface area contributed by atoms with Crippen molar-refractivity contribution >= 4 is 5.91 Å². The van der Waals surface area contributed by atoms with E-state index in [1.807, 2.05) is 10.8 Å². The second kappa shape index (κ2) is 6.51. The summed E-state index contributed by atoms with van der Waals surface area (Å²) in [6, 6.07) is -0.209. The average molecular weight is 252 g/mol. The molecule has 2 unspecified atom stereocenters. The number of hydrogen-bond acceptors (Lipinski definition) is 4. The van der Waals surface area contributed by atoms with Gasteiger partial charge in [0, 0.05) is 32.0 Å². The average Bonchev–Trinajstić information content (AvgIpc) is 2.90. The van der Waals surface area contributed by atoms with Gasteiger partial charge in [-0.25, -0.2) is 4.98 Å². The first-order valence-corrected chi connectivity index (χ1v) is 6.30. The molecule has 0 spiro atoms. The van der Waals surface area contributed by atoms with Crippen molar-refractivity contribution in [2.45, 2.75) is 19.5 Å². The summed E-state index contributed by atoms with van der Waals surface area (Å²) in [6.45, 7) is 5.50. The number of rotatable bonds is 5. The van der Waals surface area contributed by atoms with Crippen molar-refractivity contribution < 1.29 is 9.53 Å². The molecule has 1 aromatic rings. The summed E-state index contributed by atoms with van der Waals surface area (Å²) < 4.78 is 7.27. The third-order valence-corrected chi connectivity index (χ3v) is 2.94. The first kappa shape index (κ1) is 13.0. The van der Waals surface area contributed by atoms with Gasteiger partial charge in [0.05, 0.1) is 19.5 Å². The van der Waals surface area contributed by atoms with Crippen molar-refractivity contribution in [2.75, 3.05) is 26.3 Å².